The average Bonchev–Trinajstić information content (AvgIpc) is 2.77. The molecule has 6 heteroatoms. The predicted molar refractivity (Wildman–Crippen MR) is 77.1 cm³/mol. The molecule has 1 amide bonds. The second kappa shape index (κ2) is 6.60. The molecule has 1 atom stereocenters. The van der Waals surface area contributed by atoms with Crippen LogP contribution in [-0.4, -0.2) is 12.5 Å². The fourth-order valence-electron chi connectivity index (χ4n) is 2.17. The number of furan rings is 1. The van der Waals surface area contributed by atoms with Gasteiger partial charge in [-0.25, -0.2) is 0 Å². The summed E-state index contributed by atoms with van der Waals surface area (Å²) in [5, 5.41) is 2.77. The van der Waals surface area contributed by atoms with Gasteiger partial charge in [-0.3, -0.25) is 4.79 Å². The Kier molecular flexibility index (Phi) is 4.80. The molecule has 0 saturated carbocycles. The van der Waals surface area contributed by atoms with Crippen molar-refractivity contribution < 1.29 is 22.7 Å². The molecule has 1 aromatic carbocycles. The zero-order chi connectivity index (χ0) is 16.3. The number of ether oxygens (including phenoxy) is 1. The molecule has 0 radical (unpaired) electrons. The van der Waals surface area contributed by atoms with E-state index in [-0.39, 0.29) is 23.5 Å². The highest BCUT2D eigenvalue weighted by Gasteiger charge is 2.18. The molecule has 2 rings (SSSR count). The number of aryl methyl sites for hydroxylation is 2. The predicted octanol–water partition coefficient (Wildman–Crippen LogP) is 3.99. The van der Waals surface area contributed by atoms with E-state index in [0.717, 1.165) is 5.56 Å². The Morgan fingerprint density at radius 2 is 2.00 bits per heavy atom. The highest BCUT2D eigenvalue weighted by atomic mass is 19.3. The Hall–Kier alpha value is -2.37. The molecule has 0 fully saturated rings. The fraction of sp³-hybridized carbons (Fsp3) is 0.312. The van der Waals surface area contributed by atoms with Crippen molar-refractivity contribution in [1.82, 2.24) is 5.32 Å². The van der Waals surface area contributed by atoms with Gasteiger partial charge >= 0.3 is 6.61 Å². The molecule has 0 aliphatic heterocycles. The van der Waals surface area contributed by atoms with E-state index < -0.39 is 6.61 Å². The first-order valence-electron chi connectivity index (χ1n) is 6.79. The number of rotatable bonds is 5. The Labute approximate surface area is 127 Å². The largest absolute Gasteiger partial charge is 0.456 e. The second-order valence-corrected chi connectivity index (χ2v) is 5.02. The molecule has 1 N–H and O–H groups in total. The van der Waals surface area contributed by atoms with Crippen LogP contribution < -0.4 is 10.1 Å². The van der Waals surface area contributed by atoms with Gasteiger partial charge in [-0.1, -0.05) is 12.1 Å². The minimum atomic E-state index is -2.88. The molecule has 2 aromatic rings. The van der Waals surface area contributed by atoms with Crippen molar-refractivity contribution in [3.05, 3.63) is 53.0 Å². The molecular weight excluding hydrogens is 292 g/mol. The maximum absolute atomic E-state index is 12.2. The Bertz CT molecular complexity index is 667. The lowest BCUT2D eigenvalue weighted by atomic mass is 10.1. The summed E-state index contributed by atoms with van der Waals surface area (Å²) in [5.41, 5.74) is 1.41. The van der Waals surface area contributed by atoms with Crippen LogP contribution in [0.3, 0.4) is 0 Å². The van der Waals surface area contributed by atoms with Crippen molar-refractivity contribution in [2.45, 2.75) is 33.4 Å². The van der Waals surface area contributed by atoms with Crippen molar-refractivity contribution in [2.75, 3.05) is 0 Å². The summed E-state index contributed by atoms with van der Waals surface area (Å²) in [4.78, 5) is 12.2. The van der Waals surface area contributed by atoms with Crippen molar-refractivity contribution in [1.29, 1.82) is 0 Å². The van der Waals surface area contributed by atoms with Crippen LogP contribution >= 0.6 is 0 Å². The van der Waals surface area contributed by atoms with Gasteiger partial charge in [-0.2, -0.15) is 8.78 Å². The summed E-state index contributed by atoms with van der Waals surface area (Å²) in [7, 11) is 0. The number of halogens is 2. The van der Waals surface area contributed by atoms with Gasteiger partial charge in [0.2, 0.25) is 0 Å². The Morgan fingerprint density at radius 3 is 2.59 bits per heavy atom. The molecule has 0 spiro atoms. The summed E-state index contributed by atoms with van der Waals surface area (Å²) in [5.74, 6) is 0.615. The van der Waals surface area contributed by atoms with Crippen molar-refractivity contribution >= 4 is 5.91 Å². The van der Waals surface area contributed by atoms with Crippen LogP contribution in [0.1, 0.15) is 40.4 Å². The molecule has 0 saturated heterocycles. The van der Waals surface area contributed by atoms with Crippen molar-refractivity contribution in [3.63, 3.8) is 0 Å². The number of amides is 1. The molecular formula is C16H17F2NO3. The molecule has 0 aliphatic rings. The quantitative estimate of drug-likeness (QED) is 0.908. The molecule has 1 unspecified atom stereocenters. The van der Waals surface area contributed by atoms with Crippen molar-refractivity contribution in [3.8, 4) is 5.75 Å². The van der Waals surface area contributed by atoms with Gasteiger partial charge in [0.25, 0.3) is 5.91 Å². The number of hydrogen-bond acceptors (Lipinski definition) is 3. The summed E-state index contributed by atoms with van der Waals surface area (Å²) in [6.45, 7) is 2.42. The number of nitrogens with one attached hydrogen (secondary N) is 1. The normalized spacial score (nSPS) is 12.3. The van der Waals surface area contributed by atoms with Gasteiger partial charge in [-0.05, 0) is 44.5 Å². The third-order valence-electron chi connectivity index (χ3n) is 3.18. The third kappa shape index (κ3) is 3.84. The zero-order valence-corrected chi connectivity index (χ0v) is 12.5. The molecule has 22 heavy (non-hydrogen) atoms. The minimum absolute atomic E-state index is 0.0543. The molecule has 1 heterocycles. The molecule has 4 nitrogen and oxygen atoms in total. The maximum atomic E-state index is 12.2. The van der Waals surface area contributed by atoms with Crippen LogP contribution in [-0.2, 0) is 0 Å². The molecule has 118 valence electrons. The Morgan fingerprint density at radius 1 is 1.27 bits per heavy atom. The monoisotopic (exact) mass is 309 g/mol. The topological polar surface area (TPSA) is 51.5 Å². The minimum Gasteiger partial charge on any atom is -0.456 e. The first-order valence-corrected chi connectivity index (χ1v) is 6.79. The van der Waals surface area contributed by atoms with Crippen molar-refractivity contribution in [2.24, 2.45) is 0 Å². The third-order valence-corrected chi connectivity index (χ3v) is 3.18. The first kappa shape index (κ1) is 16.0. The van der Waals surface area contributed by atoms with Crippen LogP contribution in [0.15, 0.2) is 34.7 Å². The summed E-state index contributed by atoms with van der Waals surface area (Å²) < 4.78 is 34.2. The highest BCUT2D eigenvalue weighted by molar-refractivity contribution is 5.93. The lowest BCUT2D eigenvalue weighted by molar-refractivity contribution is -0.0499. The zero-order valence-electron chi connectivity index (χ0n) is 12.5. The molecule has 0 aliphatic carbocycles. The maximum Gasteiger partial charge on any atom is 0.387 e. The van der Waals surface area contributed by atoms with Gasteiger partial charge in [0.05, 0.1) is 6.04 Å². The van der Waals surface area contributed by atoms with E-state index in [0.29, 0.717) is 11.3 Å². The van der Waals surface area contributed by atoms with E-state index >= 15 is 0 Å². The number of benzene rings is 1. The van der Waals surface area contributed by atoms with E-state index in [1.165, 1.54) is 12.1 Å². The van der Waals surface area contributed by atoms with E-state index in [2.05, 4.69) is 10.1 Å². The van der Waals surface area contributed by atoms with E-state index in [1.807, 2.05) is 0 Å². The van der Waals surface area contributed by atoms with Crippen LogP contribution in [0, 0.1) is 13.8 Å². The van der Waals surface area contributed by atoms with Crippen LogP contribution in [0.4, 0.5) is 8.78 Å². The SMILES string of the molecule is Cc1cc(C)c(C(=O)NC(C)c2cccc(OC(F)F)c2)o1. The fourth-order valence-corrected chi connectivity index (χ4v) is 2.17. The highest BCUT2D eigenvalue weighted by Crippen LogP contribution is 2.21. The Balaban J connectivity index is 2.10. The number of hydrogen-bond donors (Lipinski definition) is 1. The number of carbonyl (C=O) groups excluding carboxylic acids is 1. The molecule has 1 aromatic heterocycles. The van der Waals surface area contributed by atoms with E-state index in [4.69, 9.17) is 4.42 Å². The van der Waals surface area contributed by atoms with Gasteiger partial charge < -0.3 is 14.5 Å². The van der Waals surface area contributed by atoms with Crippen LogP contribution in [0.2, 0.25) is 0 Å². The number of alkyl halides is 2. The lowest BCUT2D eigenvalue weighted by Crippen LogP contribution is -2.26. The average molecular weight is 309 g/mol. The van der Waals surface area contributed by atoms with Gasteiger partial charge in [-0.15, -0.1) is 0 Å². The van der Waals surface area contributed by atoms with Crippen LogP contribution in [0.5, 0.6) is 5.75 Å². The first-order chi connectivity index (χ1) is 10.4. The number of carbonyl (C=O) groups is 1. The molecule has 0 bridgehead atoms. The second-order valence-electron chi connectivity index (χ2n) is 5.02. The summed E-state index contributed by atoms with van der Waals surface area (Å²) >= 11 is 0. The van der Waals surface area contributed by atoms with Gasteiger partial charge in [0.1, 0.15) is 11.5 Å². The standard InChI is InChI=1S/C16H17F2NO3/c1-9-7-10(2)21-14(9)15(20)19-11(3)12-5-4-6-13(8-12)22-16(17)18/h4-8,11,16H,1-3H3,(H,19,20). The lowest BCUT2D eigenvalue weighted by Gasteiger charge is -2.15. The summed E-state index contributed by atoms with van der Waals surface area (Å²) in [6.07, 6.45) is 0. The van der Waals surface area contributed by atoms with Gasteiger partial charge in [0.15, 0.2) is 5.76 Å². The van der Waals surface area contributed by atoms with Crippen LogP contribution in [0.25, 0.3) is 0 Å². The van der Waals surface area contributed by atoms with E-state index in [9.17, 15) is 13.6 Å². The smallest absolute Gasteiger partial charge is 0.387 e. The van der Waals surface area contributed by atoms with Gasteiger partial charge in [0, 0.05) is 5.56 Å². The van der Waals surface area contributed by atoms with E-state index in [1.54, 1.807) is 39.0 Å². The summed E-state index contributed by atoms with van der Waals surface area (Å²) in [6, 6.07) is 7.62.